The average Bonchev–Trinajstić information content (AvgIpc) is 2.71. The molecule has 0 aliphatic carbocycles. The topological polar surface area (TPSA) is 58.6 Å². The number of hydrogen-bond donors (Lipinski definition) is 1. The summed E-state index contributed by atoms with van der Waals surface area (Å²) in [6.45, 7) is 7.90. The molecule has 2 unspecified atom stereocenters. The molecule has 1 N–H and O–H groups in total. The molecular weight excluding hydrogens is 352 g/mol. The Morgan fingerprint density at radius 3 is 2.32 bits per heavy atom. The summed E-state index contributed by atoms with van der Waals surface area (Å²) >= 11 is 0. The van der Waals surface area contributed by atoms with Crippen molar-refractivity contribution in [1.82, 2.24) is 10.2 Å². The SMILES string of the molecule is CCC(C)NC(=O)C(C)N(Cc1ccccc1)C(=O)COc1ccccc1C. The highest BCUT2D eigenvalue weighted by Gasteiger charge is 2.27. The summed E-state index contributed by atoms with van der Waals surface area (Å²) in [4.78, 5) is 27.2. The number of carbonyl (C=O) groups is 2. The lowest BCUT2D eigenvalue weighted by Gasteiger charge is -2.29. The van der Waals surface area contributed by atoms with Crippen LogP contribution in [0, 0.1) is 6.92 Å². The van der Waals surface area contributed by atoms with Crippen molar-refractivity contribution in [3.05, 3.63) is 65.7 Å². The quantitative estimate of drug-likeness (QED) is 0.719. The van der Waals surface area contributed by atoms with E-state index in [1.165, 1.54) is 0 Å². The highest BCUT2D eigenvalue weighted by atomic mass is 16.5. The summed E-state index contributed by atoms with van der Waals surface area (Å²) in [6.07, 6.45) is 0.835. The molecule has 2 atom stereocenters. The van der Waals surface area contributed by atoms with Crippen LogP contribution in [0.5, 0.6) is 5.75 Å². The molecule has 0 radical (unpaired) electrons. The molecule has 0 fully saturated rings. The predicted molar refractivity (Wildman–Crippen MR) is 111 cm³/mol. The molecule has 0 saturated carbocycles. The summed E-state index contributed by atoms with van der Waals surface area (Å²) in [5.41, 5.74) is 1.93. The molecule has 2 rings (SSSR count). The summed E-state index contributed by atoms with van der Waals surface area (Å²) in [5.74, 6) is 0.292. The van der Waals surface area contributed by atoms with Gasteiger partial charge in [0, 0.05) is 12.6 Å². The van der Waals surface area contributed by atoms with Gasteiger partial charge < -0.3 is 15.0 Å². The summed E-state index contributed by atoms with van der Waals surface area (Å²) in [6, 6.07) is 16.7. The van der Waals surface area contributed by atoms with Crippen LogP contribution in [-0.4, -0.2) is 35.4 Å². The Hall–Kier alpha value is -2.82. The maximum absolute atomic E-state index is 13.0. The van der Waals surface area contributed by atoms with Crippen LogP contribution in [0.2, 0.25) is 0 Å². The van der Waals surface area contributed by atoms with E-state index in [-0.39, 0.29) is 24.5 Å². The van der Waals surface area contributed by atoms with Crippen molar-refractivity contribution in [2.75, 3.05) is 6.61 Å². The van der Waals surface area contributed by atoms with Crippen molar-refractivity contribution < 1.29 is 14.3 Å². The van der Waals surface area contributed by atoms with Gasteiger partial charge in [-0.1, -0.05) is 55.5 Å². The maximum Gasteiger partial charge on any atom is 0.261 e. The lowest BCUT2D eigenvalue weighted by atomic mass is 10.1. The van der Waals surface area contributed by atoms with E-state index in [0.717, 1.165) is 17.5 Å². The third-order valence-electron chi connectivity index (χ3n) is 4.81. The molecule has 0 saturated heterocycles. The first kappa shape index (κ1) is 21.5. The van der Waals surface area contributed by atoms with E-state index in [4.69, 9.17) is 4.74 Å². The van der Waals surface area contributed by atoms with Gasteiger partial charge in [-0.15, -0.1) is 0 Å². The number of nitrogens with one attached hydrogen (secondary N) is 1. The van der Waals surface area contributed by atoms with E-state index in [0.29, 0.717) is 12.3 Å². The van der Waals surface area contributed by atoms with Crippen LogP contribution in [0.15, 0.2) is 54.6 Å². The fourth-order valence-electron chi connectivity index (χ4n) is 2.77. The minimum atomic E-state index is -0.595. The van der Waals surface area contributed by atoms with Crippen molar-refractivity contribution in [2.24, 2.45) is 0 Å². The molecule has 28 heavy (non-hydrogen) atoms. The van der Waals surface area contributed by atoms with Crippen LogP contribution in [0.1, 0.15) is 38.3 Å². The van der Waals surface area contributed by atoms with Crippen LogP contribution in [0.25, 0.3) is 0 Å². The van der Waals surface area contributed by atoms with Gasteiger partial charge in [-0.3, -0.25) is 9.59 Å². The summed E-state index contributed by atoms with van der Waals surface area (Å²) < 4.78 is 5.73. The number of benzene rings is 2. The number of carbonyl (C=O) groups excluding carboxylic acids is 2. The summed E-state index contributed by atoms with van der Waals surface area (Å²) in [5, 5.41) is 2.96. The Morgan fingerprint density at radius 2 is 1.68 bits per heavy atom. The fourth-order valence-corrected chi connectivity index (χ4v) is 2.77. The van der Waals surface area contributed by atoms with Crippen molar-refractivity contribution in [1.29, 1.82) is 0 Å². The maximum atomic E-state index is 13.0. The Morgan fingerprint density at radius 1 is 1.04 bits per heavy atom. The van der Waals surface area contributed by atoms with Crippen molar-refractivity contribution in [2.45, 2.75) is 52.7 Å². The van der Waals surface area contributed by atoms with Gasteiger partial charge in [0.25, 0.3) is 5.91 Å². The van der Waals surface area contributed by atoms with Crippen LogP contribution in [0.4, 0.5) is 0 Å². The summed E-state index contributed by atoms with van der Waals surface area (Å²) in [7, 11) is 0. The number of amides is 2. The highest BCUT2D eigenvalue weighted by molar-refractivity contribution is 5.88. The van der Waals surface area contributed by atoms with E-state index in [1.54, 1.807) is 11.8 Å². The monoisotopic (exact) mass is 382 g/mol. The van der Waals surface area contributed by atoms with Crippen molar-refractivity contribution in [3.63, 3.8) is 0 Å². The van der Waals surface area contributed by atoms with E-state index < -0.39 is 6.04 Å². The largest absolute Gasteiger partial charge is 0.484 e. The van der Waals surface area contributed by atoms with Crippen molar-refractivity contribution >= 4 is 11.8 Å². The lowest BCUT2D eigenvalue weighted by molar-refractivity contribution is -0.142. The van der Waals surface area contributed by atoms with Crippen LogP contribution in [0.3, 0.4) is 0 Å². The van der Waals surface area contributed by atoms with Crippen LogP contribution in [-0.2, 0) is 16.1 Å². The normalized spacial score (nSPS) is 12.7. The molecule has 0 aliphatic heterocycles. The standard InChI is InChI=1S/C23H30N2O3/c1-5-18(3)24-23(27)19(4)25(15-20-12-7-6-8-13-20)22(26)16-28-21-14-10-9-11-17(21)2/h6-14,18-19H,5,15-16H2,1-4H3,(H,24,27). The average molecular weight is 383 g/mol. The van der Waals surface area contributed by atoms with Gasteiger partial charge in [-0.2, -0.15) is 0 Å². The third kappa shape index (κ3) is 6.12. The Bertz CT molecular complexity index is 776. The van der Waals surface area contributed by atoms with Gasteiger partial charge in [0.1, 0.15) is 11.8 Å². The Kier molecular flexibility index (Phi) is 8.05. The highest BCUT2D eigenvalue weighted by Crippen LogP contribution is 2.17. The van der Waals surface area contributed by atoms with Gasteiger partial charge in [0.15, 0.2) is 6.61 Å². The molecule has 0 aliphatic rings. The second-order valence-electron chi connectivity index (χ2n) is 7.06. The van der Waals surface area contributed by atoms with E-state index in [9.17, 15) is 9.59 Å². The smallest absolute Gasteiger partial charge is 0.261 e. The molecule has 5 heteroatoms. The first-order valence-corrected chi connectivity index (χ1v) is 9.74. The molecule has 0 spiro atoms. The second kappa shape index (κ2) is 10.5. The van der Waals surface area contributed by atoms with Gasteiger partial charge in [-0.25, -0.2) is 0 Å². The molecule has 0 aromatic heterocycles. The number of ether oxygens (including phenoxy) is 1. The minimum absolute atomic E-state index is 0.0619. The predicted octanol–water partition coefficient (Wildman–Crippen LogP) is 3.71. The fraction of sp³-hybridized carbons (Fsp3) is 0.391. The van der Waals surface area contributed by atoms with Crippen LogP contribution < -0.4 is 10.1 Å². The number of nitrogens with zero attached hydrogens (tertiary/aromatic N) is 1. The van der Waals surface area contributed by atoms with Crippen molar-refractivity contribution in [3.8, 4) is 5.75 Å². The molecule has 5 nitrogen and oxygen atoms in total. The lowest BCUT2D eigenvalue weighted by Crippen LogP contribution is -2.50. The number of hydrogen-bond acceptors (Lipinski definition) is 3. The number of aryl methyl sites for hydroxylation is 1. The van der Waals surface area contributed by atoms with Crippen LogP contribution >= 0.6 is 0 Å². The van der Waals surface area contributed by atoms with E-state index in [1.807, 2.05) is 75.4 Å². The zero-order chi connectivity index (χ0) is 20.5. The van der Waals surface area contributed by atoms with Gasteiger partial charge in [0.05, 0.1) is 0 Å². The second-order valence-corrected chi connectivity index (χ2v) is 7.06. The Labute approximate surface area is 167 Å². The first-order valence-electron chi connectivity index (χ1n) is 9.74. The number of rotatable bonds is 9. The minimum Gasteiger partial charge on any atom is -0.484 e. The van der Waals surface area contributed by atoms with Gasteiger partial charge in [-0.05, 0) is 44.4 Å². The van der Waals surface area contributed by atoms with E-state index >= 15 is 0 Å². The molecule has 2 aromatic rings. The molecule has 150 valence electrons. The van der Waals surface area contributed by atoms with Gasteiger partial charge >= 0.3 is 0 Å². The molecule has 0 bridgehead atoms. The molecule has 0 heterocycles. The molecule has 2 amide bonds. The Balaban J connectivity index is 2.13. The molecular formula is C23H30N2O3. The third-order valence-corrected chi connectivity index (χ3v) is 4.81. The van der Waals surface area contributed by atoms with E-state index in [2.05, 4.69) is 5.32 Å². The van der Waals surface area contributed by atoms with Gasteiger partial charge in [0.2, 0.25) is 5.91 Å². The molecule has 2 aromatic carbocycles. The zero-order valence-electron chi connectivity index (χ0n) is 17.1. The zero-order valence-corrected chi connectivity index (χ0v) is 17.1. The number of para-hydroxylation sites is 1. The first-order chi connectivity index (χ1) is 13.4.